The molecule has 6 nitrogen and oxygen atoms in total. The Hall–Kier alpha value is -2.38. The molecule has 7 heteroatoms. The van der Waals surface area contributed by atoms with Gasteiger partial charge in [-0.1, -0.05) is 34.1 Å². The van der Waals surface area contributed by atoms with Crippen LogP contribution in [0.15, 0.2) is 58.0 Å². The first kappa shape index (κ1) is 18.0. The average molecular weight is 430 g/mol. The summed E-state index contributed by atoms with van der Waals surface area (Å²) < 4.78 is 6.23. The van der Waals surface area contributed by atoms with Crippen LogP contribution in [-0.4, -0.2) is 42.6 Å². The fourth-order valence-electron chi connectivity index (χ4n) is 3.34. The van der Waals surface area contributed by atoms with Gasteiger partial charge in [0.15, 0.2) is 11.6 Å². The van der Waals surface area contributed by atoms with E-state index >= 15 is 0 Å². The summed E-state index contributed by atoms with van der Waals surface area (Å²) in [5.41, 5.74) is 3.97. The lowest BCUT2D eigenvalue weighted by Gasteiger charge is -2.35. The van der Waals surface area contributed by atoms with E-state index in [-0.39, 0.29) is 5.91 Å². The van der Waals surface area contributed by atoms with E-state index in [1.807, 2.05) is 47.4 Å². The van der Waals surface area contributed by atoms with Crippen molar-refractivity contribution < 1.29 is 14.4 Å². The molecule has 140 valence electrons. The van der Waals surface area contributed by atoms with E-state index in [4.69, 9.17) is 14.6 Å². The highest BCUT2D eigenvalue weighted by atomic mass is 79.9. The Bertz CT molecular complexity index is 874. The third kappa shape index (κ3) is 3.70. The molecule has 0 unspecified atom stereocenters. The highest BCUT2D eigenvalue weighted by Gasteiger charge is 2.41. The molecule has 27 heavy (non-hydrogen) atoms. The predicted octanol–water partition coefficient (Wildman–Crippen LogP) is 3.37. The van der Waals surface area contributed by atoms with Crippen molar-refractivity contribution in [2.45, 2.75) is 18.6 Å². The molecule has 0 aliphatic carbocycles. The zero-order valence-corrected chi connectivity index (χ0v) is 16.5. The number of aliphatic imine (C=N–C) groups is 1. The Kier molecular flexibility index (Phi) is 4.88. The summed E-state index contributed by atoms with van der Waals surface area (Å²) in [6.45, 7) is 1.18. The maximum absolute atomic E-state index is 12.8. The molecule has 2 heterocycles. The van der Waals surface area contributed by atoms with Gasteiger partial charge in [-0.2, -0.15) is 0 Å². The number of hydroxylamine groups is 1. The number of likely N-dealkylation sites (tertiary alicyclic amines) is 1. The summed E-state index contributed by atoms with van der Waals surface area (Å²) in [6.07, 6.45) is 1.30. The van der Waals surface area contributed by atoms with Crippen LogP contribution in [0.4, 0.5) is 0 Å². The highest BCUT2D eigenvalue weighted by Crippen LogP contribution is 2.32. The topological polar surface area (TPSA) is 63.2 Å². The minimum atomic E-state index is -0.604. The molecular weight excluding hydrogens is 410 g/mol. The van der Waals surface area contributed by atoms with Gasteiger partial charge in [-0.25, -0.2) is 15.3 Å². The van der Waals surface area contributed by atoms with Crippen molar-refractivity contribution in [3.63, 3.8) is 0 Å². The zero-order valence-electron chi connectivity index (χ0n) is 14.9. The zero-order chi connectivity index (χ0) is 18.9. The van der Waals surface area contributed by atoms with Crippen molar-refractivity contribution in [2.24, 2.45) is 4.99 Å². The number of carbonyl (C=O) groups excluding carboxylic acids is 1. The van der Waals surface area contributed by atoms with E-state index in [2.05, 4.69) is 21.4 Å². The summed E-state index contributed by atoms with van der Waals surface area (Å²) in [4.78, 5) is 25.2. The summed E-state index contributed by atoms with van der Waals surface area (Å²) in [5, 5.41) is 0. The van der Waals surface area contributed by atoms with E-state index in [1.54, 1.807) is 13.2 Å². The molecule has 2 aliphatic heterocycles. The van der Waals surface area contributed by atoms with E-state index in [0.29, 0.717) is 37.2 Å². The first-order valence-corrected chi connectivity index (χ1v) is 9.61. The van der Waals surface area contributed by atoms with Crippen LogP contribution in [0, 0.1) is 0 Å². The number of ether oxygens (including phenoxy) is 1. The molecule has 0 atom stereocenters. The van der Waals surface area contributed by atoms with Crippen molar-refractivity contribution in [1.82, 2.24) is 10.4 Å². The Morgan fingerprint density at radius 1 is 1.22 bits per heavy atom. The first-order valence-electron chi connectivity index (χ1n) is 8.82. The maximum atomic E-state index is 12.8. The molecule has 0 aromatic heterocycles. The van der Waals surface area contributed by atoms with Gasteiger partial charge in [-0.05, 0) is 30.3 Å². The van der Waals surface area contributed by atoms with Gasteiger partial charge < -0.3 is 9.64 Å². The number of halogens is 1. The molecule has 2 aromatic carbocycles. The minimum absolute atomic E-state index is 0.00631. The fourth-order valence-corrected chi connectivity index (χ4v) is 3.60. The standard InChI is InChI=1S/C20H20BrN3O3/c1-26-17-4-2-3-15(13-17)19(25)24-11-9-20(10-12-24)22-18(23-27-20)14-5-7-16(21)8-6-14/h2-8,13H,9-12H2,1H3,(H,22,23). The van der Waals surface area contributed by atoms with Crippen molar-refractivity contribution >= 4 is 27.7 Å². The Morgan fingerprint density at radius 3 is 2.67 bits per heavy atom. The van der Waals surface area contributed by atoms with E-state index < -0.39 is 5.72 Å². The van der Waals surface area contributed by atoms with Crippen LogP contribution in [0.3, 0.4) is 0 Å². The number of piperidine rings is 1. The van der Waals surface area contributed by atoms with Gasteiger partial charge in [0.1, 0.15) is 5.75 Å². The van der Waals surface area contributed by atoms with Crippen LogP contribution in [-0.2, 0) is 4.84 Å². The van der Waals surface area contributed by atoms with Gasteiger partial charge in [0.05, 0.1) is 7.11 Å². The normalized spacial score (nSPS) is 18.1. The molecule has 2 aliphatic rings. The lowest BCUT2D eigenvalue weighted by atomic mass is 10.00. The van der Waals surface area contributed by atoms with Crippen molar-refractivity contribution in [1.29, 1.82) is 0 Å². The third-order valence-electron chi connectivity index (χ3n) is 4.92. The monoisotopic (exact) mass is 429 g/mol. The van der Waals surface area contributed by atoms with Gasteiger partial charge in [0.25, 0.3) is 5.91 Å². The number of rotatable bonds is 3. The Labute approximate surface area is 166 Å². The summed E-state index contributed by atoms with van der Waals surface area (Å²) in [7, 11) is 1.60. The number of amides is 1. The second-order valence-electron chi connectivity index (χ2n) is 6.64. The van der Waals surface area contributed by atoms with Gasteiger partial charge >= 0.3 is 0 Å². The highest BCUT2D eigenvalue weighted by molar-refractivity contribution is 9.10. The Morgan fingerprint density at radius 2 is 1.96 bits per heavy atom. The first-order chi connectivity index (χ1) is 13.1. The van der Waals surface area contributed by atoms with Crippen molar-refractivity contribution in [3.8, 4) is 5.75 Å². The lowest BCUT2D eigenvalue weighted by Crippen LogP contribution is -2.46. The second-order valence-corrected chi connectivity index (χ2v) is 7.56. The smallest absolute Gasteiger partial charge is 0.253 e. The SMILES string of the molecule is COc1cccc(C(=O)N2CCC3(CC2)N=C(c2ccc(Br)cc2)NO3)c1. The number of carbonyl (C=O) groups is 1. The number of amidine groups is 1. The minimum Gasteiger partial charge on any atom is -0.497 e. The van der Waals surface area contributed by atoms with E-state index in [1.165, 1.54) is 0 Å². The molecule has 1 N–H and O–H groups in total. The molecule has 1 amide bonds. The van der Waals surface area contributed by atoms with Crippen LogP contribution in [0.5, 0.6) is 5.75 Å². The lowest BCUT2D eigenvalue weighted by molar-refractivity contribution is -0.0849. The summed E-state index contributed by atoms with van der Waals surface area (Å²) in [6, 6.07) is 15.2. The molecule has 1 spiro atoms. The summed E-state index contributed by atoms with van der Waals surface area (Å²) in [5.74, 6) is 1.42. The van der Waals surface area contributed by atoms with Crippen LogP contribution in [0.2, 0.25) is 0 Å². The number of nitrogens with zero attached hydrogens (tertiary/aromatic N) is 2. The van der Waals surface area contributed by atoms with Crippen molar-refractivity contribution in [3.05, 3.63) is 64.1 Å². The molecular formula is C20H20BrN3O3. The maximum Gasteiger partial charge on any atom is 0.253 e. The summed E-state index contributed by atoms with van der Waals surface area (Å²) >= 11 is 3.44. The van der Waals surface area contributed by atoms with E-state index in [9.17, 15) is 4.79 Å². The second kappa shape index (κ2) is 7.32. The van der Waals surface area contributed by atoms with Crippen LogP contribution >= 0.6 is 15.9 Å². The van der Waals surface area contributed by atoms with Crippen molar-refractivity contribution in [2.75, 3.05) is 20.2 Å². The molecule has 1 saturated heterocycles. The number of benzene rings is 2. The molecule has 4 rings (SSSR count). The fraction of sp³-hybridized carbons (Fsp3) is 0.300. The van der Waals surface area contributed by atoms with Crippen LogP contribution < -0.4 is 10.2 Å². The van der Waals surface area contributed by atoms with Gasteiger partial charge in [0.2, 0.25) is 0 Å². The van der Waals surface area contributed by atoms with Gasteiger partial charge in [-0.15, -0.1) is 0 Å². The Balaban J connectivity index is 1.44. The van der Waals surface area contributed by atoms with Crippen LogP contribution in [0.25, 0.3) is 0 Å². The molecule has 0 radical (unpaired) electrons. The van der Waals surface area contributed by atoms with Crippen LogP contribution in [0.1, 0.15) is 28.8 Å². The average Bonchev–Trinajstić information content (AvgIpc) is 3.12. The third-order valence-corrected chi connectivity index (χ3v) is 5.45. The quantitative estimate of drug-likeness (QED) is 0.811. The molecule has 0 saturated carbocycles. The predicted molar refractivity (Wildman–Crippen MR) is 106 cm³/mol. The molecule has 2 aromatic rings. The number of hydrogen-bond donors (Lipinski definition) is 1. The van der Waals surface area contributed by atoms with Gasteiger partial charge in [0, 0.05) is 41.5 Å². The number of methoxy groups -OCH3 is 1. The molecule has 1 fully saturated rings. The number of nitrogens with one attached hydrogen (secondary N) is 1. The number of hydrogen-bond acceptors (Lipinski definition) is 5. The largest absolute Gasteiger partial charge is 0.497 e. The van der Waals surface area contributed by atoms with Gasteiger partial charge in [-0.3, -0.25) is 4.79 Å². The van der Waals surface area contributed by atoms with E-state index in [0.717, 1.165) is 15.9 Å². The molecule has 0 bridgehead atoms.